The highest BCUT2D eigenvalue weighted by atomic mass is 16.2. The molecule has 0 bridgehead atoms. The number of quaternary nitrogens is 1. The monoisotopic (exact) mass is 399 g/mol. The first-order valence-electron chi connectivity index (χ1n) is 10.2. The molecule has 0 saturated carbocycles. The third-order valence-electron chi connectivity index (χ3n) is 5.34. The molecule has 1 fully saturated rings. The van der Waals surface area contributed by atoms with Crippen molar-refractivity contribution in [2.75, 3.05) is 30.8 Å². The molecule has 0 unspecified atom stereocenters. The largest absolute Gasteiger partial charge is 0.337 e. The summed E-state index contributed by atoms with van der Waals surface area (Å²) in [5.74, 6) is 0.360. The van der Waals surface area contributed by atoms with Crippen molar-refractivity contribution in [1.29, 1.82) is 0 Å². The van der Waals surface area contributed by atoms with E-state index in [1.54, 1.807) is 18.3 Å². The number of amides is 3. The van der Waals surface area contributed by atoms with Crippen LogP contribution in [0.2, 0.25) is 0 Å². The number of rotatable bonds is 6. The van der Waals surface area contributed by atoms with Gasteiger partial charge in [-0.15, -0.1) is 0 Å². The number of carbonyl (C=O) groups is 2. The number of nitrogens with zero attached hydrogens (tertiary/aromatic N) is 2. The molecular formula is C21H31N6O2+. The van der Waals surface area contributed by atoms with E-state index in [4.69, 9.17) is 0 Å². The number of benzene rings is 1. The van der Waals surface area contributed by atoms with E-state index in [-0.39, 0.29) is 17.9 Å². The Labute approximate surface area is 171 Å². The molecule has 8 heteroatoms. The van der Waals surface area contributed by atoms with Gasteiger partial charge in [-0.2, -0.15) is 5.10 Å². The normalized spacial score (nSPS) is 20.1. The molecule has 8 nitrogen and oxygen atoms in total. The molecule has 1 aliphatic rings. The molecule has 0 spiro atoms. The average molecular weight is 400 g/mol. The van der Waals surface area contributed by atoms with Crippen LogP contribution in [0, 0.1) is 5.92 Å². The molecule has 1 aromatic heterocycles. The standard InChI is InChI=1S/C21H30N6O2/c1-15(2)19(25-21(29)23-16-7-5-4-6-8-16)20(28)24-18-9-12-22-27(18)17-10-13-26(3)14-11-17/h4-9,12,15,17,19H,10-11,13-14H2,1-3H3,(H,24,28)(H2,23,25,29)/p+1/t19-/m1/s1. The molecule has 29 heavy (non-hydrogen) atoms. The number of nitrogens with one attached hydrogen (secondary N) is 4. The van der Waals surface area contributed by atoms with E-state index in [9.17, 15) is 9.59 Å². The van der Waals surface area contributed by atoms with Crippen LogP contribution in [-0.2, 0) is 4.79 Å². The first-order chi connectivity index (χ1) is 13.9. The van der Waals surface area contributed by atoms with Crippen molar-refractivity contribution in [1.82, 2.24) is 15.1 Å². The van der Waals surface area contributed by atoms with Gasteiger partial charge in [0.1, 0.15) is 11.9 Å². The fourth-order valence-electron chi connectivity index (χ4n) is 3.61. The third kappa shape index (κ3) is 5.57. The minimum Gasteiger partial charge on any atom is -0.337 e. The van der Waals surface area contributed by atoms with E-state index in [0.29, 0.717) is 11.5 Å². The van der Waals surface area contributed by atoms with Gasteiger partial charge in [0.15, 0.2) is 0 Å². The summed E-state index contributed by atoms with van der Waals surface area (Å²) in [5.41, 5.74) is 0.676. The Morgan fingerprint density at radius 3 is 2.45 bits per heavy atom. The Balaban J connectivity index is 1.63. The van der Waals surface area contributed by atoms with E-state index in [2.05, 4.69) is 28.1 Å². The van der Waals surface area contributed by atoms with Crippen LogP contribution >= 0.6 is 0 Å². The molecule has 156 valence electrons. The van der Waals surface area contributed by atoms with Gasteiger partial charge in [-0.25, -0.2) is 9.48 Å². The van der Waals surface area contributed by atoms with Crippen LogP contribution in [-0.4, -0.2) is 47.9 Å². The molecule has 0 radical (unpaired) electrons. The SMILES string of the molecule is CC(C)[C@@H](NC(=O)Nc1ccccc1)C(=O)Nc1ccnn1C1CC[NH+](C)CC1. The zero-order chi connectivity index (χ0) is 20.8. The van der Waals surface area contributed by atoms with Crippen LogP contribution in [0.4, 0.5) is 16.3 Å². The molecule has 1 atom stereocenters. The summed E-state index contributed by atoms with van der Waals surface area (Å²) in [7, 11) is 2.20. The first kappa shape index (κ1) is 20.9. The van der Waals surface area contributed by atoms with Gasteiger partial charge in [-0.3, -0.25) is 4.79 Å². The fraction of sp³-hybridized carbons (Fsp3) is 0.476. The molecular weight excluding hydrogens is 368 g/mol. The smallest absolute Gasteiger partial charge is 0.319 e. The highest BCUT2D eigenvalue weighted by Crippen LogP contribution is 2.21. The summed E-state index contributed by atoms with van der Waals surface area (Å²) in [6.45, 7) is 6.00. The van der Waals surface area contributed by atoms with Gasteiger partial charge in [-0.05, 0) is 18.1 Å². The van der Waals surface area contributed by atoms with Crippen LogP contribution in [0.5, 0.6) is 0 Å². The van der Waals surface area contributed by atoms with Gasteiger partial charge in [0.05, 0.1) is 32.4 Å². The van der Waals surface area contributed by atoms with Crippen molar-refractivity contribution < 1.29 is 14.5 Å². The third-order valence-corrected chi connectivity index (χ3v) is 5.34. The number of carbonyl (C=O) groups excluding carboxylic acids is 2. The van der Waals surface area contributed by atoms with Gasteiger partial charge in [0, 0.05) is 24.6 Å². The minimum atomic E-state index is -0.663. The van der Waals surface area contributed by atoms with Gasteiger partial charge >= 0.3 is 6.03 Å². The Hall–Kier alpha value is -2.87. The maximum atomic E-state index is 12.9. The Kier molecular flexibility index (Phi) is 6.87. The van der Waals surface area contributed by atoms with Crippen molar-refractivity contribution in [3.63, 3.8) is 0 Å². The fourth-order valence-corrected chi connectivity index (χ4v) is 3.61. The molecule has 2 heterocycles. The second-order valence-corrected chi connectivity index (χ2v) is 8.02. The maximum absolute atomic E-state index is 12.9. The summed E-state index contributed by atoms with van der Waals surface area (Å²) in [6.07, 6.45) is 3.77. The molecule has 1 saturated heterocycles. The molecule has 0 aliphatic carbocycles. The number of para-hydroxylation sites is 1. The predicted octanol–water partition coefficient (Wildman–Crippen LogP) is 1.52. The Morgan fingerprint density at radius 1 is 1.10 bits per heavy atom. The highest BCUT2D eigenvalue weighted by molar-refractivity contribution is 5.98. The summed E-state index contributed by atoms with van der Waals surface area (Å²) < 4.78 is 1.91. The lowest BCUT2D eigenvalue weighted by atomic mass is 10.0. The van der Waals surface area contributed by atoms with E-state index in [1.165, 1.54) is 4.90 Å². The predicted molar refractivity (Wildman–Crippen MR) is 113 cm³/mol. The average Bonchev–Trinajstić information content (AvgIpc) is 3.15. The quantitative estimate of drug-likeness (QED) is 0.593. The van der Waals surface area contributed by atoms with Crippen molar-refractivity contribution in [2.45, 2.75) is 38.8 Å². The summed E-state index contributed by atoms with van der Waals surface area (Å²) in [6, 6.07) is 10.2. The maximum Gasteiger partial charge on any atom is 0.319 e. The number of anilines is 2. The summed E-state index contributed by atoms with van der Waals surface area (Å²) in [5, 5.41) is 12.9. The lowest BCUT2D eigenvalue weighted by Gasteiger charge is -2.28. The Bertz CT molecular complexity index is 812. The number of hydrogen-bond acceptors (Lipinski definition) is 3. The number of urea groups is 1. The zero-order valence-electron chi connectivity index (χ0n) is 17.3. The number of likely N-dealkylation sites (tertiary alicyclic amines) is 1. The van der Waals surface area contributed by atoms with Crippen LogP contribution in [0.1, 0.15) is 32.7 Å². The zero-order valence-corrected chi connectivity index (χ0v) is 17.3. The van der Waals surface area contributed by atoms with Crippen LogP contribution in [0.25, 0.3) is 0 Å². The van der Waals surface area contributed by atoms with E-state index < -0.39 is 12.1 Å². The molecule has 3 amide bonds. The number of hydrogen-bond donors (Lipinski definition) is 4. The molecule has 1 aliphatic heterocycles. The second kappa shape index (κ2) is 9.56. The highest BCUT2D eigenvalue weighted by Gasteiger charge is 2.27. The minimum absolute atomic E-state index is 0.0696. The number of aromatic nitrogens is 2. The van der Waals surface area contributed by atoms with E-state index >= 15 is 0 Å². The summed E-state index contributed by atoms with van der Waals surface area (Å²) >= 11 is 0. The van der Waals surface area contributed by atoms with Crippen LogP contribution < -0.4 is 20.9 Å². The van der Waals surface area contributed by atoms with Crippen molar-refractivity contribution in [3.05, 3.63) is 42.6 Å². The lowest BCUT2D eigenvalue weighted by Crippen LogP contribution is -3.10. The molecule has 3 rings (SSSR count). The molecule has 2 aromatic rings. The van der Waals surface area contributed by atoms with Crippen LogP contribution in [0.15, 0.2) is 42.6 Å². The van der Waals surface area contributed by atoms with Crippen molar-refractivity contribution in [3.8, 4) is 0 Å². The van der Waals surface area contributed by atoms with Gasteiger partial charge in [0.2, 0.25) is 5.91 Å². The second-order valence-electron chi connectivity index (χ2n) is 8.02. The molecule has 4 N–H and O–H groups in total. The van der Waals surface area contributed by atoms with Gasteiger partial charge in [-0.1, -0.05) is 32.0 Å². The van der Waals surface area contributed by atoms with Gasteiger partial charge in [0.25, 0.3) is 0 Å². The lowest BCUT2D eigenvalue weighted by molar-refractivity contribution is -0.885. The molecule has 1 aromatic carbocycles. The Morgan fingerprint density at radius 2 is 1.79 bits per heavy atom. The van der Waals surface area contributed by atoms with Crippen LogP contribution in [0.3, 0.4) is 0 Å². The van der Waals surface area contributed by atoms with E-state index in [0.717, 1.165) is 25.9 Å². The van der Waals surface area contributed by atoms with E-state index in [1.807, 2.05) is 42.8 Å². The summed E-state index contributed by atoms with van der Waals surface area (Å²) in [4.78, 5) is 26.8. The van der Waals surface area contributed by atoms with Gasteiger partial charge < -0.3 is 20.9 Å². The first-order valence-corrected chi connectivity index (χ1v) is 10.2. The van der Waals surface area contributed by atoms with Crippen molar-refractivity contribution >= 4 is 23.4 Å². The van der Waals surface area contributed by atoms with Crippen molar-refractivity contribution in [2.24, 2.45) is 5.92 Å². The topological polar surface area (TPSA) is 92.5 Å². The number of piperidine rings is 1.